The van der Waals surface area contributed by atoms with E-state index in [-0.39, 0.29) is 50.2 Å². The Morgan fingerprint density at radius 1 is 0.427 bits per heavy atom. The summed E-state index contributed by atoms with van der Waals surface area (Å²) in [4.78, 5) is 8.35. The molecule has 15 rings (SSSR count). The molecule has 1 saturated carbocycles. The summed E-state index contributed by atoms with van der Waals surface area (Å²) in [5.74, 6) is 0. The molecule has 0 saturated heterocycles. The highest BCUT2D eigenvalue weighted by atomic mass is 15.3. The van der Waals surface area contributed by atoms with Gasteiger partial charge in [-0.15, -0.1) is 0 Å². The molecule has 0 bridgehead atoms. The molecular formula is C78H84BN3. The van der Waals surface area contributed by atoms with E-state index in [4.69, 9.17) is 0 Å². The van der Waals surface area contributed by atoms with Gasteiger partial charge in [0.15, 0.2) is 0 Å². The van der Waals surface area contributed by atoms with Crippen LogP contribution in [0, 0.1) is 13.8 Å². The summed E-state index contributed by atoms with van der Waals surface area (Å²) in [6.45, 7) is 41.8. The highest BCUT2D eigenvalue weighted by molar-refractivity contribution is 7.00. The molecular weight excluding hydrogens is 990 g/mol. The molecule has 8 aromatic rings. The van der Waals surface area contributed by atoms with E-state index in [0.29, 0.717) is 0 Å². The number of benzene rings is 8. The fourth-order valence-electron chi connectivity index (χ4n) is 18.7. The standard InChI is InChI=1S/C78H84BN3/c1-46-37-67-70-68(38-46)81(64-43-56-55(39-47(64)2)72(6,7)45-73(56,8)9)66-44-58-57(74(10,11)53-28-20-21-29-54(53)75(58,12)13)42-61(66)79(70)60-33-32-49(82-62-34-31-48(71(3,4)5)40-59(62)77(16)35-22-23-36-78(77,82)17)41-65(60)80(67)63-30-24-26-51-50-25-18-19-27-52(50)76(14,15)69(51)63/h18-21,24-34,37-44H,22-23,35-36,45H2,1-17H3. The SMILES string of the molecule is Cc1cc2c3c(c1)N(c1cccc4c1C(C)(C)c1ccccc1-4)c1cc(N4c5ccc(C(C)(C)C)cc5C5(C)CCCCC45C)ccc1B3c1cc3c(cc1N2c1cc2c(cc1C)C(C)(C)CC2(C)C)C(C)(C)c1ccccc1C3(C)C. The van der Waals surface area contributed by atoms with Crippen molar-refractivity contribution in [1.29, 1.82) is 0 Å². The molecule has 4 aliphatic carbocycles. The highest BCUT2D eigenvalue weighted by Crippen LogP contribution is 2.63. The van der Waals surface area contributed by atoms with Gasteiger partial charge in [-0.1, -0.05) is 201 Å². The molecule has 1 fully saturated rings. The molecule has 414 valence electrons. The van der Waals surface area contributed by atoms with Gasteiger partial charge in [0.1, 0.15) is 0 Å². The molecule has 4 heteroatoms. The van der Waals surface area contributed by atoms with Crippen molar-refractivity contribution >= 4 is 68.6 Å². The van der Waals surface area contributed by atoms with Crippen molar-refractivity contribution in [3.05, 3.63) is 206 Å². The van der Waals surface area contributed by atoms with E-state index in [9.17, 15) is 0 Å². The van der Waals surface area contributed by atoms with Crippen LogP contribution in [-0.4, -0.2) is 12.3 Å². The van der Waals surface area contributed by atoms with E-state index in [1.807, 2.05) is 0 Å². The Morgan fingerprint density at radius 3 is 1.70 bits per heavy atom. The Morgan fingerprint density at radius 2 is 1.01 bits per heavy atom. The lowest BCUT2D eigenvalue weighted by atomic mass is 9.33. The molecule has 2 atom stereocenters. The van der Waals surface area contributed by atoms with Crippen LogP contribution in [0.15, 0.2) is 140 Å². The Bertz CT molecular complexity index is 4140. The second kappa shape index (κ2) is 16.3. The third-order valence-corrected chi connectivity index (χ3v) is 22.9. The second-order valence-electron chi connectivity index (χ2n) is 30.9. The number of fused-ring (bicyclic) bond motifs is 13. The summed E-state index contributed by atoms with van der Waals surface area (Å²) in [6.07, 6.45) is 5.96. The van der Waals surface area contributed by atoms with E-state index in [1.54, 1.807) is 0 Å². The fraction of sp³-hybridized carbons (Fsp3) is 0.385. The molecule has 0 N–H and O–H groups in total. The number of anilines is 8. The second-order valence-corrected chi connectivity index (χ2v) is 30.9. The molecule has 82 heavy (non-hydrogen) atoms. The smallest absolute Gasteiger partial charge is 0.252 e. The third-order valence-electron chi connectivity index (χ3n) is 22.9. The molecule has 2 unspecified atom stereocenters. The minimum atomic E-state index is -0.244. The summed E-state index contributed by atoms with van der Waals surface area (Å²) in [5, 5.41) is 0. The summed E-state index contributed by atoms with van der Waals surface area (Å²) in [7, 11) is 0. The maximum absolute atomic E-state index is 2.83. The van der Waals surface area contributed by atoms with Crippen molar-refractivity contribution in [2.75, 3.05) is 14.7 Å². The first-order valence-corrected chi connectivity index (χ1v) is 31.1. The Kier molecular flexibility index (Phi) is 10.4. The Labute approximate surface area is 491 Å². The van der Waals surface area contributed by atoms with Gasteiger partial charge in [-0.2, -0.15) is 0 Å². The molecule has 0 amide bonds. The number of nitrogens with zero attached hydrogens (tertiary/aromatic N) is 3. The fourth-order valence-corrected chi connectivity index (χ4v) is 18.7. The zero-order valence-corrected chi connectivity index (χ0v) is 52.2. The molecule has 0 aromatic heterocycles. The number of aryl methyl sites for hydroxylation is 2. The first-order chi connectivity index (χ1) is 38.6. The van der Waals surface area contributed by atoms with Crippen LogP contribution in [0.25, 0.3) is 11.1 Å². The van der Waals surface area contributed by atoms with Crippen LogP contribution >= 0.6 is 0 Å². The molecule has 7 aliphatic rings. The predicted octanol–water partition coefficient (Wildman–Crippen LogP) is 18.7. The van der Waals surface area contributed by atoms with E-state index in [0.717, 1.165) is 12.8 Å². The van der Waals surface area contributed by atoms with Crippen molar-refractivity contribution in [1.82, 2.24) is 0 Å². The minimum Gasteiger partial charge on any atom is -0.334 e. The highest BCUT2D eigenvalue weighted by Gasteiger charge is 2.59. The van der Waals surface area contributed by atoms with Crippen molar-refractivity contribution in [2.45, 2.75) is 193 Å². The lowest BCUT2D eigenvalue weighted by Gasteiger charge is -2.51. The largest absolute Gasteiger partial charge is 0.334 e. The summed E-state index contributed by atoms with van der Waals surface area (Å²) < 4.78 is 0. The first-order valence-electron chi connectivity index (χ1n) is 31.1. The van der Waals surface area contributed by atoms with Crippen molar-refractivity contribution in [3.8, 4) is 11.1 Å². The van der Waals surface area contributed by atoms with Gasteiger partial charge < -0.3 is 14.7 Å². The summed E-state index contributed by atoms with van der Waals surface area (Å²) >= 11 is 0. The van der Waals surface area contributed by atoms with Gasteiger partial charge in [0.2, 0.25) is 0 Å². The molecule has 0 spiro atoms. The van der Waals surface area contributed by atoms with Crippen LogP contribution in [-0.2, 0) is 37.9 Å². The molecule has 0 radical (unpaired) electrons. The van der Waals surface area contributed by atoms with Crippen molar-refractivity contribution in [2.24, 2.45) is 0 Å². The van der Waals surface area contributed by atoms with Gasteiger partial charge in [-0.05, 0) is 199 Å². The average Bonchev–Trinajstić information content (AvgIpc) is 2.26. The van der Waals surface area contributed by atoms with Crippen LogP contribution in [0.4, 0.5) is 45.5 Å². The topological polar surface area (TPSA) is 9.72 Å². The lowest BCUT2D eigenvalue weighted by Crippen LogP contribution is -2.62. The molecule has 3 aliphatic heterocycles. The molecule has 3 heterocycles. The van der Waals surface area contributed by atoms with Crippen LogP contribution in [0.3, 0.4) is 0 Å². The Balaban J connectivity index is 1.06. The maximum Gasteiger partial charge on any atom is 0.252 e. The zero-order valence-electron chi connectivity index (χ0n) is 52.2. The Hall–Kier alpha value is -6.78. The lowest BCUT2D eigenvalue weighted by molar-refractivity contribution is 0.195. The number of hydrogen-bond donors (Lipinski definition) is 0. The van der Waals surface area contributed by atoms with E-state index < -0.39 is 0 Å². The van der Waals surface area contributed by atoms with Gasteiger partial charge in [0.05, 0.1) is 11.2 Å². The predicted molar refractivity (Wildman–Crippen MR) is 350 cm³/mol. The van der Waals surface area contributed by atoms with Crippen molar-refractivity contribution < 1.29 is 0 Å². The first kappa shape index (κ1) is 52.1. The van der Waals surface area contributed by atoms with Crippen LogP contribution in [0.2, 0.25) is 0 Å². The van der Waals surface area contributed by atoms with Gasteiger partial charge >= 0.3 is 0 Å². The summed E-state index contributed by atoms with van der Waals surface area (Å²) in [5.41, 5.74) is 33.7. The van der Waals surface area contributed by atoms with E-state index in [2.05, 4.69) is 272 Å². The monoisotopic (exact) mass is 1070 g/mol. The van der Waals surface area contributed by atoms with Crippen LogP contribution in [0.5, 0.6) is 0 Å². The normalized spacial score (nSPS) is 22.7. The zero-order chi connectivity index (χ0) is 57.5. The minimum absolute atomic E-state index is 0.00316. The molecule has 8 aromatic carbocycles. The van der Waals surface area contributed by atoms with E-state index >= 15 is 0 Å². The molecule has 3 nitrogen and oxygen atoms in total. The van der Waals surface area contributed by atoms with E-state index in [1.165, 1.54) is 159 Å². The number of rotatable bonds is 3. The van der Waals surface area contributed by atoms with Gasteiger partial charge in [0, 0.05) is 61.5 Å². The third kappa shape index (κ3) is 6.56. The average molecular weight is 1070 g/mol. The van der Waals surface area contributed by atoms with Gasteiger partial charge in [-0.25, -0.2) is 0 Å². The maximum atomic E-state index is 2.83. The van der Waals surface area contributed by atoms with Crippen LogP contribution in [0.1, 0.15) is 203 Å². The van der Waals surface area contributed by atoms with Gasteiger partial charge in [0.25, 0.3) is 6.71 Å². The quantitative estimate of drug-likeness (QED) is 0.163. The van der Waals surface area contributed by atoms with Crippen LogP contribution < -0.4 is 31.1 Å². The summed E-state index contributed by atoms with van der Waals surface area (Å²) in [6, 6.07) is 56.7. The number of hydrogen-bond acceptors (Lipinski definition) is 3. The van der Waals surface area contributed by atoms with Crippen molar-refractivity contribution in [3.63, 3.8) is 0 Å². The van der Waals surface area contributed by atoms with Gasteiger partial charge in [-0.3, -0.25) is 0 Å².